The molecule has 0 N–H and O–H groups in total. The van der Waals surface area contributed by atoms with Gasteiger partial charge in [0.05, 0.1) is 18.0 Å². The van der Waals surface area contributed by atoms with Crippen LogP contribution >= 0.6 is 0 Å². The van der Waals surface area contributed by atoms with Crippen molar-refractivity contribution in [3.8, 4) is 5.75 Å². The zero-order valence-corrected chi connectivity index (χ0v) is 15.3. The van der Waals surface area contributed by atoms with Crippen molar-refractivity contribution in [2.75, 3.05) is 45.8 Å². The van der Waals surface area contributed by atoms with Crippen LogP contribution in [-0.2, 0) is 10.0 Å². The number of hydrogen-bond acceptors (Lipinski definition) is 6. The van der Waals surface area contributed by atoms with Gasteiger partial charge < -0.3 is 14.5 Å². The molecule has 1 aromatic rings. The average Bonchev–Trinajstić information content (AvgIpc) is 3.12. The van der Waals surface area contributed by atoms with Gasteiger partial charge in [0.25, 0.3) is 10.0 Å². The Morgan fingerprint density at radius 3 is 2.58 bits per heavy atom. The lowest BCUT2D eigenvalue weighted by molar-refractivity contribution is -0.0500. The number of likely N-dealkylation sites (N-methyl/N-ethyl adjacent to an activating group) is 1. The first-order valence-corrected chi connectivity index (χ1v) is 9.95. The zero-order valence-electron chi connectivity index (χ0n) is 14.5. The molecule has 2 aliphatic rings. The molecular weight excluding hydrogens is 366 g/mol. The fourth-order valence-electron chi connectivity index (χ4n) is 3.11. The minimum atomic E-state index is -3.89. The summed E-state index contributed by atoms with van der Waals surface area (Å²) in [4.78, 5) is 8.54. The maximum atomic E-state index is 13.0. The van der Waals surface area contributed by atoms with Gasteiger partial charge >= 0.3 is 6.61 Å². The Morgan fingerprint density at radius 1 is 1.19 bits per heavy atom. The van der Waals surface area contributed by atoms with Crippen molar-refractivity contribution in [3.63, 3.8) is 0 Å². The standard InChI is InChI=1S/C16H22F2N4O3S/c1-2-20-8-10-21(11-9-20)16-19-6-7-22(16)26(23,24)14-5-3-4-13(12-14)25-15(17)18/h3-5,12,15H,2,6-11H2,1H3. The van der Waals surface area contributed by atoms with Crippen molar-refractivity contribution in [1.29, 1.82) is 0 Å². The van der Waals surface area contributed by atoms with E-state index in [0.29, 0.717) is 25.6 Å². The van der Waals surface area contributed by atoms with E-state index in [1.165, 1.54) is 22.5 Å². The third-order valence-corrected chi connectivity index (χ3v) is 6.28. The van der Waals surface area contributed by atoms with Crippen LogP contribution in [0.1, 0.15) is 6.92 Å². The number of rotatable bonds is 5. The lowest BCUT2D eigenvalue weighted by Crippen LogP contribution is -2.53. The number of piperazine rings is 1. The molecular formula is C16H22F2N4O3S. The average molecular weight is 388 g/mol. The summed E-state index contributed by atoms with van der Waals surface area (Å²) in [6.45, 7) is 3.77. The molecule has 0 spiro atoms. The normalized spacial score (nSPS) is 19.2. The largest absolute Gasteiger partial charge is 0.435 e. The van der Waals surface area contributed by atoms with Crippen molar-refractivity contribution in [1.82, 2.24) is 14.1 Å². The van der Waals surface area contributed by atoms with Crippen molar-refractivity contribution in [2.45, 2.75) is 18.4 Å². The highest BCUT2D eigenvalue weighted by Gasteiger charge is 2.35. The van der Waals surface area contributed by atoms with Crippen LogP contribution in [0.15, 0.2) is 34.2 Å². The van der Waals surface area contributed by atoms with E-state index in [1.807, 2.05) is 4.90 Å². The summed E-state index contributed by atoms with van der Waals surface area (Å²) < 4.78 is 56.4. The van der Waals surface area contributed by atoms with Crippen LogP contribution in [0.2, 0.25) is 0 Å². The molecule has 1 aromatic carbocycles. The van der Waals surface area contributed by atoms with Gasteiger partial charge in [-0.2, -0.15) is 8.78 Å². The minimum absolute atomic E-state index is 0.0857. The van der Waals surface area contributed by atoms with Gasteiger partial charge in [-0.15, -0.1) is 0 Å². The van der Waals surface area contributed by atoms with Gasteiger partial charge in [-0.25, -0.2) is 12.7 Å². The lowest BCUT2D eigenvalue weighted by atomic mass is 10.3. The molecule has 1 saturated heterocycles. The number of halogens is 2. The fourth-order valence-corrected chi connectivity index (χ4v) is 4.59. The summed E-state index contributed by atoms with van der Waals surface area (Å²) in [7, 11) is -3.89. The van der Waals surface area contributed by atoms with E-state index >= 15 is 0 Å². The zero-order chi connectivity index (χ0) is 18.7. The molecule has 144 valence electrons. The Hall–Kier alpha value is -1.94. The molecule has 10 heteroatoms. The first-order valence-electron chi connectivity index (χ1n) is 8.51. The number of nitrogens with zero attached hydrogens (tertiary/aromatic N) is 4. The van der Waals surface area contributed by atoms with Crippen LogP contribution in [0.3, 0.4) is 0 Å². The maximum Gasteiger partial charge on any atom is 0.387 e. The molecule has 0 aromatic heterocycles. The van der Waals surface area contributed by atoms with E-state index in [1.54, 1.807) is 0 Å². The highest BCUT2D eigenvalue weighted by atomic mass is 32.2. The molecule has 2 heterocycles. The Balaban J connectivity index is 1.80. The van der Waals surface area contributed by atoms with E-state index in [0.717, 1.165) is 25.7 Å². The maximum absolute atomic E-state index is 13.0. The van der Waals surface area contributed by atoms with Crippen LogP contribution in [0.5, 0.6) is 5.75 Å². The molecule has 1 fully saturated rings. The quantitative estimate of drug-likeness (QED) is 0.761. The molecule has 0 saturated carbocycles. The monoisotopic (exact) mass is 388 g/mol. The smallest absolute Gasteiger partial charge is 0.387 e. The van der Waals surface area contributed by atoms with Crippen LogP contribution in [0, 0.1) is 0 Å². The number of sulfonamides is 1. The predicted molar refractivity (Wildman–Crippen MR) is 93.0 cm³/mol. The van der Waals surface area contributed by atoms with E-state index < -0.39 is 16.6 Å². The third-order valence-electron chi connectivity index (χ3n) is 4.50. The second-order valence-electron chi connectivity index (χ2n) is 6.03. The number of hydrogen-bond donors (Lipinski definition) is 0. The second kappa shape index (κ2) is 7.75. The molecule has 0 unspecified atom stereocenters. The second-order valence-corrected chi connectivity index (χ2v) is 7.90. The van der Waals surface area contributed by atoms with E-state index in [-0.39, 0.29) is 17.2 Å². The Bertz CT molecular complexity index is 765. The molecule has 3 rings (SSSR count). The highest BCUT2D eigenvalue weighted by Crippen LogP contribution is 2.25. The predicted octanol–water partition coefficient (Wildman–Crippen LogP) is 1.29. The summed E-state index contributed by atoms with van der Waals surface area (Å²) in [5, 5.41) is 0. The van der Waals surface area contributed by atoms with Crippen molar-refractivity contribution in [3.05, 3.63) is 24.3 Å². The summed E-state index contributed by atoms with van der Waals surface area (Å²) in [5.41, 5.74) is 0. The summed E-state index contributed by atoms with van der Waals surface area (Å²) >= 11 is 0. The fraction of sp³-hybridized carbons (Fsp3) is 0.562. The number of alkyl halides is 2. The first kappa shape index (κ1) is 18.8. The van der Waals surface area contributed by atoms with Gasteiger partial charge in [0.2, 0.25) is 5.96 Å². The Labute approximate surface area is 151 Å². The summed E-state index contributed by atoms with van der Waals surface area (Å²) in [6.07, 6.45) is 0. The third kappa shape index (κ3) is 3.90. The minimum Gasteiger partial charge on any atom is -0.435 e. The molecule has 0 bridgehead atoms. The Morgan fingerprint density at radius 2 is 1.92 bits per heavy atom. The van der Waals surface area contributed by atoms with Gasteiger partial charge in [-0.1, -0.05) is 13.0 Å². The lowest BCUT2D eigenvalue weighted by Gasteiger charge is -2.37. The van der Waals surface area contributed by atoms with Gasteiger partial charge in [0.1, 0.15) is 5.75 Å². The van der Waals surface area contributed by atoms with Gasteiger partial charge in [-0.05, 0) is 18.7 Å². The molecule has 0 radical (unpaired) electrons. The van der Waals surface area contributed by atoms with E-state index in [4.69, 9.17) is 0 Å². The van der Waals surface area contributed by atoms with Crippen molar-refractivity contribution < 1.29 is 21.9 Å². The van der Waals surface area contributed by atoms with Crippen molar-refractivity contribution in [2.24, 2.45) is 4.99 Å². The highest BCUT2D eigenvalue weighted by molar-refractivity contribution is 7.89. The van der Waals surface area contributed by atoms with Crippen LogP contribution < -0.4 is 4.74 Å². The van der Waals surface area contributed by atoms with Crippen LogP contribution in [0.25, 0.3) is 0 Å². The van der Waals surface area contributed by atoms with E-state index in [9.17, 15) is 17.2 Å². The molecule has 2 aliphatic heterocycles. The molecule has 0 amide bonds. The topological polar surface area (TPSA) is 65.5 Å². The molecule has 0 aliphatic carbocycles. The van der Waals surface area contributed by atoms with E-state index in [2.05, 4.69) is 21.6 Å². The number of guanidine groups is 1. The number of aliphatic imine (C=N–C) groups is 1. The summed E-state index contributed by atoms with van der Waals surface area (Å²) in [5.74, 6) is 0.247. The number of ether oxygens (including phenoxy) is 1. The van der Waals surface area contributed by atoms with Crippen LogP contribution in [0.4, 0.5) is 8.78 Å². The summed E-state index contributed by atoms with van der Waals surface area (Å²) in [6, 6.07) is 5.18. The SMILES string of the molecule is CCN1CCN(C2=NCCN2S(=O)(=O)c2cccc(OC(F)F)c2)CC1. The molecule has 7 nitrogen and oxygen atoms in total. The molecule has 0 atom stereocenters. The van der Waals surface area contributed by atoms with Gasteiger partial charge in [0.15, 0.2) is 0 Å². The Kier molecular flexibility index (Phi) is 5.61. The first-order chi connectivity index (χ1) is 12.4. The molecule has 26 heavy (non-hydrogen) atoms. The van der Waals surface area contributed by atoms with Gasteiger partial charge in [0, 0.05) is 32.2 Å². The number of benzene rings is 1. The van der Waals surface area contributed by atoms with Crippen LogP contribution in [-0.4, -0.2) is 80.9 Å². The van der Waals surface area contributed by atoms with Crippen molar-refractivity contribution >= 4 is 16.0 Å². The van der Waals surface area contributed by atoms with Gasteiger partial charge in [-0.3, -0.25) is 4.99 Å².